The largest absolute Gasteiger partial charge is 0.465 e. The number of urea groups is 1. The van der Waals surface area contributed by atoms with Gasteiger partial charge in [0.05, 0.1) is 18.2 Å². The molecule has 0 fully saturated rings. The fourth-order valence-electron chi connectivity index (χ4n) is 3.56. The summed E-state index contributed by atoms with van der Waals surface area (Å²) in [5.41, 5.74) is 3.16. The van der Waals surface area contributed by atoms with Crippen LogP contribution in [0.2, 0.25) is 0 Å². The molecule has 190 valence electrons. The van der Waals surface area contributed by atoms with E-state index < -0.39 is 12.1 Å². The first-order valence-corrected chi connectivity index (χ1v) is 12.4. The van der Waals surface area contributed by atoms with Gasteiger partial charge in [-0.2, -0.15) is 5.26 Å². The van der Waals surface area contributed by atoms with Gasteiger partial charge in [-0.3, -0.25) is 9.69 Å². The lowest BCUT2D eigenvalue weighted by Gasteiger charge is -2.18. The van der Waals surface area contributed by atoms with Crippen LogP contribution in [0.4, 0.5) is 26.7 Å². The number of rotatable bonds is 8. The SMILES string of the molecule is N#Cc1ccc(NC(=O)Nc2cccc(NC(=O)c3ccc(CN(Cc4cccs4)C(=O)O)cc3)c2)cc1. The van der Waals surface area contributed by atoms with E-state index in [4.69, 9.17) is 5.26 Å². The van der Waals surface area contributed by atoms with E-state index in [1.54, 1.807) is 72.8 Å². The first kappa shape index (κ1) is 25.9. The van der Waals surface area contributed by atoms with Crippen LogP contribution in [0.15, 0.2) is 90.3 Å². The summed E-state index contributed by atoms with van der Waals surface area (Å²) in [4.78, 5) is 39.0. The van der Waals surface area contributed by atoms with Gasteiger partial charge in [-0.1, -0.05) is 24.3 Å². The van der Waals surface area contributed by atoms with Crippen molar-refractivity contribution in [1.82, 2.24) is 4.90 Å². The van der Waals surface area contributed by atoms with Crippen molar-refractivity contribution in [3.8, 4) is 6.07 Å². The van der Waals surface area contributed by atoms with E-state index >= 15 is 0 Å². The van der Waals surface area contributed by atoms with Gasteiger partial charge in [0.2, 0.25) is 0 Å². The zero-order valence-electron chi connectivity index (χ0n) is 20.0. The molecule has 1 aromatic heterocycles. The Morgan fingerprint density at radius 1 is 0.816 bits per heavy atom. The lowest BCUT2D eigenvalue weighted by molar-refractivity contribution is 0.102. The first-order valence-electron chi connectivity index (χ1n) is 11.5. The fraction of sp³-hybridized carbons (Fsp3) is 0.0714. The number of amides is 4. The van der Waals surface area contributed by atoms with Gasteiger partial charge in [-0.05, 0) is 71.6 Å². The lowest BCUT2D eigenvalue weighted by atomic mass is 10.1. The van der Waals surface area contributed by atoms with Gasteiger partial charge in [-0.25, -0.2) is 9.59 Å². The predicted molar refractivity (Wildman–Crippen MR) is 146 cm³/mol. The molecule has 3 aromatic carbocycles. The number of carboxylic acid groups (broad SMARTS) is 1. The van der Waals surface area contributed by atoms with E-state index in [9.17, 15) is 19.5 Å². The van der Waals surface area contributed by atoms with Gasteiger partial charge >= 0.3 is 12.1 Å². The molecule has 0 aliphatic heterocycles. The molecule has 0 atom stereocenters. The number of nitriles is 1. The number of benzene rings is 3. The van der Waals surface area contributed by atoms with Crippen LogP contribution in [0.5, 0.6) is 0 Å². The molecule has 10 heteroatoms. The molecule has 4 amide bonds. The second kappa shape index (κ2) is 12.2. The van der Waals surface area contributed by atoms with Crippen LogP contribution >= 0.6 is 11.3 Å². The van der Waals surface area contributed by atoms with Crippen molar-refractivity contribution in [2.45, 2.75) is 13.1 Å². The fourth-order valence-corrected chi connectivity index (χ4v) is 4.28. The number of carbonyl (C=O) groups is 3. The molecule has 0 radical (unpaired) electrons. The van der Waals surface area contributed by atoms with Gasteiger partial charge in [0.25, 0.3) is 5.91 Å². The zero-order chi connectivity index (χ0) is 26.9. The predicted octanol–water partition coefficient (Wildman–Crippen LogP) is 6.20. The smallest absolute Gasteiger partial charge is 0.407 e. The molecule has 0 spiro atoms. The highest BCUT2D eigenvalue weighted by Gasteiger charge is 2.14. The third-order valence-electron chi connectivity index (χ3n) is 5.44. The molecule has 0 saturated carbocycles. The summed E-state index contributed by atoms with van der Waals surface area (Å²) in [6.07, 6.45) is -1.01. The molecule has 0 saturated heterocycles. The Morgan fingerprint density at radius 3 is 2.13 bits per heavy atom. The normalized spacial score (nSPS) is 10.2. The number of anilines is 3. The third kappa shape index (κ3) is 7.19. The topological polar surface area (TPSA) is 135 Å². The Hall–Kier alpha value is -5.14. The highest BCUT2D eigenvalue weighted by atomic mass is 32.1. The summed E-state index contributed by atoms with van der Waals surface area (Å²) in [6, 6.07) is 25.2. The Kier molecular flexibility index (Phi) is 8.33. The molecule has 0 aliphatic rings. The van der Waals surface area contributed by atoms with Crippen LogP contribution in [-0.2, 0) is 13.1 Å². The van der Waals surface area contributed by atoms with Crippen LogP contribution in [0.1, 0.15) is 26.4 Å². The molecule has 4 aromatic rings. The van der Waals surface area contributed by atoms with E-state index in [-0.39, 0.29) is 12.5 Å². The monoisotopic (exact) mass is 525 g/mol. The summed E-state index contributed by atoms with van der Waals surface area (Å²) in [7, 11) is 0. The summed E-state index contributed by atoms with van der Waals surface area (Å²) in [6.45, 7) is 0.499. The van der Waals surface area contributed by atoms with Crippen LogP contribution < -0.4 is 16.0 Å². The van der Waals surface area contributed by atoms with E-state index in [1.165, 1.54) is 16.2 Å². The Labute approximate surface area is 223 Å². The molecule has 4 rings (SSSR count). The van der Waals surface area contributed by atoms with Crippen LogP contribution in [0, 0.1) is 11.3 Å². The molecule has 38 heavy (non-hydrogen) atoms. The quantitative estimate of drug-likeness (QED) is 0.217. The highest BCUT2D eigenvalue weighted by Crippen LogP contribution is 2.19. The molecular weight excluding hydrogens is 502 g/mol. The molecular formula is C28H23N5O4S. The van der Waals surface area contributed by atoms with Crippen molar-refractivity contribution in [2.75, 3.05) is 16.0 Å². The summed E-state index contributed by atoms with van der Waals surface area (Å²) >= 11 is 1.50. The van der Waals surface area contributed by atoms with Crippen molar-refractivity contribution in [2.24, 2.45) is 0 Å². The maximum absolute atomic E-state index is 12.8. The average molecular weight is 526 g/mol. The number of hydrogen-bond donors (Lipinski definition) is 4. The maximum atomic E-state index is 12.8. The summed E-state index contributed by atoms with van der Waals surface area (Å²) in [5.74, 6) is -0.343. The highest BCUT2D eigenvalue weighted by molar-refractivity contribution is 7.09. The molecule has 0 bridgehead atoms. The molecule has 9 nitrogen and oxygen atoms in total. The van der Waals surface area contributed by atoms with E-state index in [2.05, 4.69) is 16.0 Å². The molecule has 0 unspecified atom stereocenters. The third-order valence-corrected chi connectivity index (χ3v) is 6.30. The lowest BCUT2D eigenvalue weighted by Crippen LogP contribution is -2.28. The Morgan fingerprint density at radius 2 is 1.50 bits per heavy atom. The average Bonchev–Trinajstić information content (AvgIpc) is 3.42. The first-order chi connectivity index (χ1) is 18.4. The Balaban J connectivity index is 1.33. The van der Waals surface area contributed by atoms with Crippen molar-refractivity contribution in [3.63, 3.8) is 0 Å². The van der Waals surface area contributed by atoms with E-state index in [0.29, 0.717) is 34.7 Å². The van der Waals surface area contributed by atoms with Gasteiger partial charge in [0, 0.05) is 34.0 Å². The van der Waals surface area contributed by atoms with Gasteiger partial charge in [0.15, 0.2) is 0 Å². The second-order valence-corrected chi connectivity index (χ2v) is 9.25. The van der Waals surface area contributed by atoms with Gasteiger partial charge in [-0.15, -0.1) is 11.3 Å². The minimum atomic E-state index is -1.01. The maximum Gasteiger partial charge on any atom is 0.407 e. The second-order valence-electron chi connectivity index (χ2n) is 8.22. The minimum absolute atomic E-state index is 0.202. The standard InChI is InChI=1S/C28H23N5O4S/c29-16-19-8-12-22(13-9-19)31-27(35)32-24-4-1-3-23(15-24)30-26(34)21-10-6-20(7-11-21)17-33(28(36)37)18-25-5-2-14-38-25/h1-15H,17-18H2,(H,30,34)(H,36,37)(H2,31,32,35). The number of nitrogens with zero attached hydrogens (tertiary/aromatic N) is 2. The van der Waals surface area contributed by atoms with Crippen molar-refractivity contribution in [1.29, 1.82) is 5.26 Å². The van der Waals surface area contributed by atoms with Crippen molar-refractivity contribution >= 4 is 46.4 Å². The number of thiophene rings is 1. The minimum Gasteiger partial charge on any atom is -0.465 e. The van der Waals surface area contributed by atoms with E-state index in [1.807, 2.05) is 23.6 Å². The van der Waals surface area contributed by atoms with Crippen molar-refractivity contribution < 1.29 is 19.5 Å². The molecule has 4 N–H and O–H groups in total. The van der Waals surface area contributed by atoms with Crippen LogP contribution in [0.3, 0.4) is 0 Å². The molecule has 0 aliphatic carbocycles. The van der Waals surface area contributed by atoms with Gasteiger partial charge < -0.3 is 21.1 Å². The number of carbonyl (C=O) groups excluding carboxylic acids is 2. The summed E-state index contributed by atoms with van der Waals surface area (Å²) < 4.78 is 0. The van der Waals surface area contributed by atoms with Gasteiger partial charge in [0.1, 0.15) is 0 Å². The summed E-state index contributed by atoms with van der Waals surface area (Å²) in [5, 5.41) is 28.5. The van der Waals surface area contributed by atoms with Crippen LogP contribution in [0.25, 0.3) is 0 Å². The van der Waals surface area contributed by atoms with Crippen LogP contribution in [-0.4, -0.2) is 28.0 Å². The Bertz CT molecular complexity index is 1460. The zero-order valence-corrected chi connectivity index (χ0v) is 20.9. The number of nitrogens with one attached hydrogen (secondary N) is 3. The molecule has 1 heterocycles. The van der Waals surface area contributed by atoms with E-state index in [0.717, 1.165) is 10.4 Å². The number of hydrogen-bond acceptors (Lipinski definition) is 5. The van der Waals surface area contributed by atoms with Crippen molar-refractivity contribution in [3.05, 3.63) is 112 Å².